The van der Waals surface area contributed by atoms with Crippen LogP contribution in [0.4, 0.5) is 4.79 Å². The van der Waals surface area contributed by atoms with Crippen molar-refractivity contribution >= 4 is 12.1 Å². The third-order valence-corrected chi connectivity index (χ3v) is 4.15. The van der Waals surface area contributed by atoms with Gasteiger partial charge < -0.3 is 29.7 Å². The van der Waals surface area contributed by atoms with Crippen molar-refractivity contribution in [3.05, 3.63) is 23.8 Å². The zero-order valence-corrected chi connectivity index (χ0v) is 16.8. The van der Waals surface area contributed by atoms with Gasteiger partial charge in [0.25, 0.3) is 0 Å². The lowest BCUT2D eigenvalue weighted by Gasteiger charge is -2.36. The minimum atomic E-state index is -0.496. The monoisotopic (exact) mass is 378 g/mol. The summed E-state index contributed by atoms with van der Waals surface area (Å²) in [6.07, 6.45) is -0.293. The van der Waals surface area contributed by atoms with E-state index in [0.29, 0.717) is 50.2 Å². The van der Waals surface area contributed by atoms with Crippen LogP contribution in [-0.4, -0.2) is 67.9 Å². The van der Waals surface area contributed by atoms with Gasteiger partial charge in [0.2, 0.25) is 0 Å². The summed E-state index contributed by atoms with van der Waals surface area (Å²) in [5.41, 5.74) is 6.55. The first-order valence-corrected chi connectivity index (χ1v) is 8.98. The average molecular weight is 378 g/mol. The van der Waals surface area contributed by atoms with E-state index in [1.54, 1.807) is 19.1 Å². The summed E-state index contributed by atoms with van der Waals surface area (Å²) in [6, 6.07) is 5.66. The Bertz CT molecular complexity index is 677. The van der Waals surface area contributed by atoms with Gasteiger partial charge in [0, 0.05) is 31.7 Å². The van der Waals surface area contributed by atoms with Crippen molar-refractivity contribution in [2.24, 2.45) is 10.7 Å². The van der Waals surface area contributed by atoms with Crippen LogP contribution in [-0.2, 0) is 11.3 Å². The van der Waals surface area contributed by atoms with Gasteiger partial charge in [-0.05, 0) is 26.8 Å². The largest absolute Gasteiger partial charge is 0.493 e. The fourth-order valence-electron chi connectivity index (χ4n) is 2.79. The number of ether oxygens (including phenoxy) is 3. The van der Waals surface area contributed by atoms with E-state index in [1.165, 1.54) is 0 Å². The zero-order valence-electron chi connectivity index (χ0n) is 16.8. The van der Waals surface area contributed by atoms with Gasteiger partial charge in [-0.15, -0.1) is 0 Å². The Morgan fingerprint density at radius 2 is 1.74 bits per heavy atom. The first kappa shape index (κ1) is 20.7. The molecular formula is C19H30N4O4. The molecule has 0 aromatic heterocycles. The predicted octanol–water partition coefficient (Wildman–Crippen LogP) is 2.07. The van der Waals surface area contributed by atoms with E-state index in [4.69, 9.17) is 19.9 Å². The van der Waals surface area contributed by atoms with Gasteiger partial charge in [-0.25, -0.2) is 9.79 Å². The molecule has 1 aromatic carbocycles. The van der Waals surface area contributed by atoms with E-state index >= 15 is 0 Å². The van der Waals surface area contributed by atoms with Crippen molar-refractivity contribution in [2.75, 3.05) is 40.4 Å². The summed E-state index contributed by atoms with van der Waals surface area (Å²) in [6.45, 7) is 8.29. The minimum Gasteiger partial charge on any atom is -0.493 e. The second-order valence-corrected chi connectivity index (χ2v) is 7.28. The predicted molar refractivity (Wildman–Crippen MR) is 104 cm³/mol. The van der Waals surface area contributed by atoms with E-state index in [1.807, 2.05) is 43.9 Å². The number of carbonyl (C=O) groups is 1. The van der Waals surface area contributed by atoms with Gasteiger partial charge in [0.15, 0.2) is 17.5 Å². The molecule has 0 spiro atoms. The van der Waals surface area contributed by atoms with E-state index in [0.717, 1.165) is 5.56 Å². The molecule has 0 unspecified atom stereocenters. The Morgan fingerprint density at radius 1 is 1.11 bits per heavy atom. The van der Waals surface area contributed by atoms with Gasteiger partial charge >= 0.3 is 6.09 Å². The highest BCUT2D eigenvalue weighted by Crippen LogP contribution is 2.31. The molecule has 8 nitrogen and oxygen atoms in total. The van der Waals surface area contributed by atoms with Crippen molar-refractivity contribution in [3.63, 3.8) is 0 Å². The van der Waals surface area contributed by atoms with Gasteiger partial charge in [0.05, 0.1) is 20.8 Å². The molecule has 0 atom stereocenters. The molecule has 0 bridgehead atoms. The second kappa shape index (κ2) is 8.83. The van der Waals surface area contributed by atoms with Crippen LogP contribution in [0.5, 0.6) is 11.5 Å². The highest BCUT2D eigenvalue weighted by Gasteiger charge is 2.26. The number of hydrogen-bond donors (Lipinski definition) is 1. The van der Waals surface area contributed by atoms with Gasteiger partial charge in [-0.2, -0.15) is 0 Å². The highest BCUT2D eigenvalue weighted by molar-refractivity contribution is 5.78. The van der Waals surface area contributed by atoms with Gasteiger partial charge in [-0.1, -0.05) is 12.1 Å². The van der Waals surface area contributed by atoms with Crippen molar-refractivity contribution in [2.45, 2.75) is 32.9 Å². The smallest absolute Gasteiger partial charge is 0.410 e. The first-order chi connectivity index (χ1) is 12.7. The Kier molecular flexibility index (Phi) is 6.76. The first-order valence-electron chi connectivity index (χ1n) is 8.98. The van der Waals surface area contributed by atoms with Crippen LogP contribution >= 0.6 is 0 Å². The number of aliphatic imine (C=N–C) groups is 1. The number of nitrogens with zero attached hydrogens (tertiary/aromatic N) is 3. The van der Waals surface area contributed by atoms with Crippen LogP contribution in [0.1, 0.15) is 26.3 Å². The molecule has 0 saturated carbocycles. The lowest BCUT2D eigenvalue weighted by molar-refractivity contribution is 0.0186. The fraction of sp³-hybridized carbons (Fsp3) is 0.579. The second-order valence-electron chi connectivity index (χ2n) is 7.28. The number of para-hydroxylation sites is 1. The van der Waals surface area contributed by atoms with Gasteiger partial charge in [0.1, 0.15) is 5.60 Å². The van der Waals surface area contributed by atoms with Crippen LogP contribution in [0.15, 0.2) is 23.2 Å². The maximum absolute atomic E-state index is 12.1. The minimum absolute atomic E-state index is 0.293. The van der Waals surface area contributed by atoms with E-state index in [-0.39, 0.29) is 6.09 Å². The molecule has 8 heteroatoms. The summed E-state index contributed by atoms with van der Waals surface area (Å²) in [7, 11) is 3.20. The topological polar surface area (TPSA) is 89.6 Å². The third-order valence-electron chi connectivity index (χ3n) is 4.15. The molecule has 1 fully saturated rings. The number of piperazine rings is 1. The molecule has 0 aliphatic carbocycles. The number of hydrogen-bond acceptors (Lipinski definition) is 5. The van der Waals surface area contributed by atoms with Crippen LogP contribution in [0, 0.1) is 0 Å². The molecule has 1 amide bonds. The molecule has 1 aliphatic heterocycles. The zero-order chi connectivity index (χ0) is 20.0. The lowest BCUT2D eigenvalue weighted by atomic mass is 10.2. The maximum atomic E-state index is 12.1. The standard InChI is InChI=1S/C19H30N4O4/c1-19(2,3)27-18(24)23-11-9-22(10-12-23)17(20)21-13-14-7-6-8-15(25-4)16(14)26-5/h6-8H,9-13H2,1-5H3,(H2,20,21). The SMILES string of the molecule is COc1cccc(CN=C(N)N2CCN(C(=O)OC(C)(C)C)CC2)c1OC. The van der Waals surface area contributed by atoms with E-state index in [2.05, 4.69) is 4.99 Å². The third kappa shape index (κ3) is 5.67. The number of rotatable bonds is 4. The summed E-state index contributed by atoms with van der Waals surface area (Å²) in [5.74, 6) is 1.77. The van der Waals surface area contributed by atoms with Crippen molar-refractivity contribution in [1.82, 2.24) is 9.80 Å². The molecule has 2 N–H and O–H groups in total. The molecule has 2 rings (SSSR count). The summed E-state index contributed by atoms with van der Waals surface area (Å²) in [4.78, 5) is 20.3. The van der Waals surface area contributed by atoms with Crippen LogP contribution in [0.25, 0.3) is 0 Å². The van der Waals surface area contributed by atoms with Crippen LogP contribution in [0.3, 0.4) is 0 Å². The Hall–Kier alpha value is -2.64. The lowest BCUT2D eigenvalue weighted by Crippen LogP contribution is -2.53. The normalized spacial score (nSPS) is 15.5. The van der Waals surface area contributed by atoms with E-state index in [9.17, 15) is 4.79 Å². The number of nitrogens with two attached hydrogens (primary N) is 1. The highest BCUT2D eigenvalue weighted by atomic mass is 16.6. The number of methoxy groups -OCH3 is 2. The quantitative estimate of drug-likeness (QED) is 0.637. The molecule has 1 heterocycles. The molecule has 1 aromatic rings. The van der Waals surface area contributed by atoms with Crippen molar-refractivity contribution < 1.29 is 19.0 Å². The molecule has 0 radical (unpaired) electrons. The Labute approximate surface area is 160 Å². The molecule has 1 saturated heterocycles. The maximum Gasteiger partial charge on any atom is 0.410 e. The number of carbonyl (C=O) groups excluding carboxylic acids is 1. The summed E-state index contributed by atoms with van der Waals surface area (Å²) >= 11 is 0. The van der Waals surface area contributed by atoms with Crippen LogP contribution in [0.2, 0.25) is 0 Å². The summed E-state index contributed by atoms with van der Waals surface area (Å²) < 4.78 is 16.1. The van der Waals surface area contributed by atoms with E-state index < -0.39 is 5.60 Å². The molecular weight excluding hydrogens is 348 g/mol. The van der Waals surface area contributed by atoms with Crippen molar-refractivity contribution in [1.29, 1.82) is 0 Å². The molecule has 27 heavy (non-hydrogen) atoms. The Morgan fingerprint density at radius 3 is 2.30 bits per heavy atom. The molecule has 1 aliphatic rings. The summed E-state index contributed by atoms with van der Waals surface area (Å²) in [5, 5.41) is 0. The van der Waals surface area contributed by atoms with Crippen LogP contribution < -0.4 is 15.2 Å². The fourth-order valence-corrected chi connectivity index (χ4v) is 2.79. The number of guanidine groups is 1. The van der Waals surface area contributed by atoms with Crippen molar-refractivity contribution in [3.8, 4) is 11.5 Å². The molecule has 150 valence electrons. The number of benzene rings is 1. The number of amides is 1. The Balaban J connectivity index is 1.94. The average Bonchev–Trinajstić information content (AvgIpc) is 2.64. The van der Waals surface area contributed by atoms with Gasteiger partial charge in [-0.3, -0.25) is 0 Å².